The summed E-state index contributed by atoms with van der Waals surface area (Å²) < 4.78 is 9.14. The quantitative estimate of drug-likeness (QED) is 0.840. The van der Waals surface area contributed by atoms with Gasteiger partial charge in [0, 0.05) is 32.3 Å². The zero-order chi connectivity index (χ0) is 16.3. The lowest BCUT2D eigenvalue weighted by Crippen LogP contribution is -2.48. The van der Waals surface area contributed by atoms with Gasteiger partial charge in [0.05, 0.1) is 12.3 Å². The first-order chi connectivity index (χ1) is 11.2. The molecule has 2 aliphatic heterocycles. The third-order valence-corrected chi connectivity index (χ3v) is 6.12. The third-order valence-electron chi connectivity index (χ3n) is 5.31. The van der Waals surface area contributed by atoms with Crippen LogP contribution < -0.4 is 0 Å². The number of likely N-dealkylation sites (tertiary alicyclic amines) is 2. The zero-order valence-electron chi connectivity index (χ0n) is 14.1. The van der Waals surface area contributed by atoms with E-state index in [9.17, 15) is 4.79 Å². The Labute approximate surface area is 142 Å². The number of aryl methyl sites for hydroxylation is 1. The van der Waals surface area contributed by atoms with E-state index >= 15 is 0 Å². The summed E-state index contributed by atoms with van der Waals surface area (Å²) in [6, 6.07) is 0. The zero-order valence-corrected chi connectivity index (χ0v) is 14.9. The summed E-state index contributed by atoms with van der Waals surface area (Å²) in [5.74, 6) is 0.139. The van der Waals surface area contributed by atoms with Gasteiger partial charge in [-0.05, 0) is 57.1 Å². The number of hydrogen-bond donors (Lipinski definition) is 0. The van der Waals surface area contributed by atoms with Crippen LogP contribution in [0, 0.1) is 6.92 Å². The lowest BCUT2D eigenvalue weighted by Gasteiger charge is -2.38. The van der Waals surface area contributed by atoms with Crippen molar-refractivity contribution in [1.29, 1.82) is 0 Å². The monoisotopic (exact) mass is 338 g/mol. The molecule has 0 aliphatic carbocycles. The summed E-state index contributed by atoms with van der Waals surface area (Å²) in [5.41, 5.74) is 0.799. The first-order valence-electron chi connectivity index (χ1n) is 8.48. The van der Waals surface area contributed by atoms with Gasteiger partial charge >= 0.3 is 0 Å². The van der Waals surface area contributed by atoms with Crippen molar-refractivity contribution in [1.82, 2.24) is 19.4 Å². The van der Waals surface area contributed by atoms with Crippen molar-refractivity contribution in [3.05, 3.63) is 10.6 Å². The van der Waals surface area contributed by atoms with Gasteiger partial charge in [0.1, 0.15) is 4.88 Å². The standard InChI is InChI=1S/C16H26N4O2S/c1-13-14(23-18-17-13)15(21)20-9-4-6-16(20)5-3-8-19(10-7-16)11-12-22-2/h3-12H2,1-2H3. The van der Waals surface area contributed by atoms with Crippen molar-refractivity contribution in [2.24, 2.45) is 0 Å². The van der Waals surface area contributed by atoms with Gasteiger partial charge in [-0.15, -0.1) is 5.10 Å². The minimum absolute atomic E-state index is 0.0370. The Morgan fingerprint density at radius 2 is 2.04 bits per heavy atom. The number of carbonyl (C=O) groups excluding carboxylic acids is 1. The van der Waals surface area contributed by atoms with Gasteiger partial charge in [0.25, 0.3) is 5.91 Å². The molecular formula is C16H26N4O2S. The van der Waals surface area contributed by atoms with E-state index in [1.807, 2.05) is 6.92 Å². The van der Waals surface area contributed by atoms with Crippen LogP contribution in [0.25, 0.3) is 0 Å². The molecule has 23 heavy (non-hydrogen) atoms. The van der Waals surface area contributed by atoms with Crippen molar-refractivity contribution in [3.8, 4) is 0 Å². The van der Waals surface area contributed by atoms with Crippen molar-refractivity contribution in [2.45, 2.75) is 44.6 Å². The molecule has 0 bridgehead atoms. The fraction of sp³-hybridized carbons (Fsp3) is 0.812. The molecule has 1 aromatic heterocycles. The van der Waals surface area contributed by atoms with Crippen molar-refractivity contribution in [2.75, 3.05) is 39.9 Å². The second-order valence-electron chi connectivity index (χ2n) is 6.66. The first-order valence-corrected chi connectivity index (χ1v) is 9.26. The summed E-state index contributed by atoms with van der Waals surface area (Å²) in [7, 11) is 1.75. The predicted molar refractivity (Wildman–Crippen MR) is 89.8 cm³/mol. The maximum absolute atomic E-state index is 13.0. The summed E-state index contributed by atoms with van der Waals surface area (Å²) in [6.45, 7) is 6.66. The molecular weight excluding hydrogens is 312 g/mol. The summed E-state index contributed by atoms with van der Waals surface area (Å²) in [5, 5.41) is 4.01. The number of hydrogen-bond acceptors (Lipinski definition) is 6. The molecule has 2 fully saturated rings. The minimum atomic E-state index is 0.0370. The van der Waals surface area contributed by atoms with Crippen LogP contribution >= 0.6 is 11.5 Å². The normalized spacial score (nSPS) is 25.9. The molecule has 2 aliphatic rings. The average Bonchev–Trinajstić information content (AvgIpc) is 3.09. The van der Waals surface area contributed by atoms with E-state index in [4.69, 9.17) is 4.74 Å². The van der Waals surface area contributed by atoms with Crippen LogP contribution in [0.3, 0.4) is 0 Å². The fourth-order valence-corrected chi connectivity index (χ4v) is 4.61. The topological polar surface area (TPSA) is 58.6 Å². The van der Waals surface area contributed by atoms with Crippen LogP contribution in [-0.2, 0) is 4.74 Å². The maximum Gasteiger partial charge on any atom is 0.267 e. The summed E-state index contributed by atoms with van der Waals surface area (Å²) in [4.78, 5) is 18.3. The molecule has 7 heteroatoms. The van der Waals surface area contributed by atoms with Gasteiger partial charge in [-0.3, -0.25) is 4.79 Å². The Bertz CT molecular complexity index is 550. The van der Waals surface area contributed by atoms with E-state index in [0.29, 0.717) is 4.88 Å². The second kappa shape index (κ2) is 7.23. The second-order valence-corrected chi connectivity index (χ2v) is 7.41. The lowest BCUT2D eigenvalue weighted by atomic mass is 9.87. The number of carbonyl (C=O) groups is 1. The van der Waals surface area contributed by atoms with Crippen LogP contribution in [0.2, 0.25) is 0 Å². The molecule has 3 heterocycles. The molecule has 0 N–H and O–H groups in total. The molecule has 2 saturated heterocycles. The van der Waals surface area contributed by atoms with Crippen LogP contribution in [0.4, 0.5) is 0 Å². The first kappa shape index (κ1) is 16.8. The molecule has 1 atom stereocenters. The Hall–Kier alpha value is -1.05. The van der Waals surface area contributed by atoms with Crippen molar-refractivity contribution in [3.63, 3.8) is 0 Å². The number of aromatic nitrogens is 2. The van der Waals surface area contributed by atoms with Gasteiger partial charge in [-0.2, -0.15) is 0 Å². The molecule has 6 nitrogen and oxygen atoms in total. The molecule has 3 rings (SSSR count). The van der Waals surface area contributed by atoms with E-state index in [0.717, 1.165) is 70.6 Å². The van der Waals surface area contributed by atoms with E-state index in [1.165, 1.54) is 11.5 Å². The number of rotatable bonds is 4. The summed E-state index contributed by atoms with van der Waals surface area (Å²) >= 11 is 1.23. The maximum atomic E-state index is 13.0. The molecule has 0 radical (unpaired) electrons. The Morgan fingerprint density at radius 1 is 1.26 bits per heavy atom. The molecule has 1 unspecified atom stereocenters. The van der Waals surface area contributed by atoms with Gasteiger partial charge in [-0.1, -0.05) is 4.49 Å². The molecule has 1 spiro atoms. The van der Waals surface area contributed by atoms with Crippen LogP contribution in [0.5, 0.6) is 0 Å². The number of nitrogens with zero attached hydrogens (tertiary/aromatic N) is 4. The van der Waals surface area contributed by atoms with E-state index in [2.05, 4.69) is 19.4 Å². The number of methoxy groups -OCH3 is 1. The average molecular weight is 338 g/mol. The fourth-order valence-electron chi connectivity index (χ4n) is 4.00. The highest BCUT2D eigenvalue weighted by Gasteiger charge is 2.44. The van der Waals surface area contributed by atoms with E-state index < -0.39 is 0 Å². The number of ether oxygens (including phenoxy) is 1. The molecule has 128 valence electrons. The van der Waals surface area contributed by atoms with Gasteiger partial charge in [0.15, 0.2) is 0 Å². The van der Waals surface area contributed by atoms with Crippen LogP contribution in [-0.4, -0.2) is 70.7 Å². The SMILES string of the molecule is COCCN1CCCC2(CCCN2C(=O)c2snnc2C)CC1. The molecule has 1 aromatic rings. The Morgan fingerprint density at radius 3 is 2.74 bits per heavy atom. The van der Waals surface area contributed by atoms with E-state index in [1.54, 1.807) is 7.11 Å². The predicted octanol–water partition coefficient (Wildman–Crippen LogP) is 1.95. The van der Waals surface area contributed by atoms with Crippen LogP contribution in [0.15, 0.2) is 0 Å². The molecule has 0 aromatic carbocycles. The highest BCUT2D eigenvalue weighted by atomic mass is 32.1. The Kier molecular flexibility index (Phi) is 5.28. The Balaban J connectivity index is 1.72. The molecule has 1 amide bonds. The highest BCUT2D eigenvalue weighted by molar-refractivity contribution is 7.07. The summed E-state index contributed by atoms with van der Waals surface area (Å²) in [6.07, 6.45) is 5.55. The highest BCUT2D eigenvalue weighted by Crippen LogP contribution is 2.39. The smallest absolute Gasteiger partial charge is 0.267 e. The third kappa shape index (κ3) is 3.41. The van der Waals surface area contributed by atoms with Gasteiger partial charge < -0.3 is 14.5 Å². The largest absolute Gasteiger partial charge is 0.383 e. The van der Waals surface area contributed by atoms with Crippen molar-refractivity contribution < 1.29 is 9.53 Å². The van der Waals surface area contributed by atoms with Gasteiger partial charge in [0.2, 0.25) is 0 Å². The number of amides is 1. The van der Waals surface area contributed by atoms with Crippen molar-refractivity contribution >= 4 is 17.4 Å². The minimum Gasteiger partial charge on any atom is -0.383 e. The lowest BCUT2D eigenvalue weighted by molar-refractivity contribution is 0.0559. The van der Waals surface area contributed by atoms with Crippen LogP contribution in [0.1, 0.15) is 47.5 Å². The molecule has 0 saturated carbocycles. The van der Waals surface area contributed by atoms with Gasteiger partial charge in [-0.25, -0.2) is 0 Å². The van der Waals surface area contributed by atoms with E-state index in [-0.39, 0.29) is 11.4 Å².